The van der Waals surface area contributed by atoms with Gasteiger partial charge in [-0.1, -0.05) is 6.07 Å². The lowest BCUT2D eigenvalue weighted by atomic mass is 9.81. The number of ether oxygens (including phenoxy) is 3. The summed E-state index contributed by atoms with van der Waals surface area (Å²) in [6.45, 7) is 1.98. The average Bonchev–Trinajstić information content (AvgIpc) is 2.75. The largest absolute Gasteiger partial charge is 0.493 e. The monoisotopic (exact) mass is 417 g/mol. The molecule has 7 heteroatoms. The van der Waals surface area contributed by atoms with Crippen molar-refractivity contribution in [1.29, 1.82) is 0 Å². The van der Waals surface area contributed by atoms with Gasteiger partial charge in [0.15, 0.2) is 11.5 Å². The van der Waals surface area contributed by atoms with Crippen molar-refractivity contribution >= 4 is 0 Å². The first-order valence-electron chi connectivity index (χ1n) is 10.2. The Labute approximate surface area is 175 Å². The van der Waals surface area contributed by atoms with Crippen molar-refractivity contribution in [3.63, 3.8) is 0 Å². The van der Waals surface area contributed by atoms with Crippen LogP contribution in [0.2, 0.25) is 0 Å². The van der Waals surface area contributed by atoms with Crippen LogP contribution in [0.3, 0.4) is 0 Å². The second-order valence-corrected chi connectivity index (χ2v) is 8.12. The van der Waals surface area contributed by atoms with Crippen LogP contribution in [-0.4, -0.2) is 54.6 Å². The minimum Gasteiger partial charge on any atom is -0.493 e. The third kappa shape index (κ3) is 4.10. The first-order chi connectivity index (χ1) is 14.4. The van der Waals surface area contributed by atoms with Crippen LogP contribution in [-0.2, 0) is 0 Å². The number of nitrogens with zero attached hydrogens (tertiary/aromatic N) is 1. The van der Waals surface area contributed by atoms with Crippen LogP contribution in [0.25, 0.3) is 0 Å². The maximum absolute atomic E-state index is 13.5. The summed E-state index contributed by atoms with van der Waals surface area (Å²) in [5, 5.41) is 21.2. The molecule has 2 aromatic carbocycles. The minimum atomic E-state index is -0.728. The van der Waals surface area contributed by atoms with Crippen molar-refractivity contribution in [2.75, 3.05) is 33.9 Å². The van der Waals surface area contributed by atoms with E-state index in [1.807, 2.05) is 6.07 Å². The van der Waals surface area contributed by atoms with Gasteiger partial charge in [0.25, 0.3) is 0 Å². The van der Waals surface area contributed by atoms with Gasteiger partial charge in [0.1, 0.15) is 17.2 Å². The Kier molecular flexibility index (Phi) is 5.86. The Morgan fingerprint density at radius 1 is 1.13 bits per heavy atom. The quantitative estimate of drug-likeness (QED) is 0.779. The molecule has 162 valence electrons. The van der Waals surface area contributed by atoms with E-state index < -0.39 is 17.8 Å². The predicted molar refractivity (Wildman–Crippen MR) is 110 cm³/mol. The van der Waals surface area contributed by atoms with Crippen LogP contribution in [0.1, 0.15) is 42.6 Å². The molecule has 2 heterocycles. The fraction of sp³-hybridized carbons (Fsp3) is 0.478. The van der Waals surface area contributed by atoms with Gasteiger partial charge in [-0.3, -0.25) is 0 Å². The summed E-state index contributed by atoms with van der Waals surface area (Å²) in [6, 6.07) is 9.74. The lowest BCUT2D eigenvalue weighted by Crippen LogP contribution is -2.51. The van der Waals surface area contributed by atoms with E-state index >= 15 is 0 Å². The molecule has 1 fully saturated rings. The molecule has 30 heavy (non-hydrogen) atoms. The van der Waals surface area contributed by atoms with Gasteiger partial charge in [0, 0.05) is 31.6 Å². The summed E-state index contributed by atoms with van der Waals surface area (Å²) in [7, 11) is 3.15. The molecule has 1 saturated heterocycles. The minimum absolute atomic E-state index is 0.369. The number of hydrogen-bond donors (Lipinski definition) is 2. The second kappa shape index (κ2) is 8.41. The molecule has 2 aromatic rings. The van der Waals surface area contributed by atoms with Crippen LogP contribution in [0.5, 0.6) is 17.2 Å². The first-order valence-corrected chi connectivity index (χ1v) is 10.2. The maximum atomic E-state index is 13.5. The zero-order valence-electron chi connectivity index (χ0n) is 17.3. The van der Waals surface area contributed by atoms with Crippen molar-refractivity contribution in [3.05, 3.63) is 53.3 Å². The van der Waals surface area contributed by atoms with Crippen molar-refractivity contribution in [2.45, 2.75) is 37.1 Å². The Hall–Kier alpha value is -2.35. The highest BCUT2D eigenvalue weighted by Crippen LogP contribution is 2.44. The SMILES string of the molecule is COc1ccc([C@@H](O)CN2CCC3(CC2)C[C@H](O)c2cc(F)ccc2O3)cc1OC. The first kappa shape index (κ1) is 20.9. The zero-order valence-corrected chi connectivity index (χ0v) is 17.3. The normalized spacial score (nSPS) is 21.6. The van der Waals surface area contributed by atoms with Gasteiger partial charge >= 0.3 is 0 Å². The highest BCUT2D eigenvalue weighted by molar-refractivity contribution is 5.43. The number of methoxy groups -OCH3 is 2. The van der Waals surface area contributed by atoms with E-state index in [0.717, 1.165) is 31.5 Å². The third-order valence-electron chi connectivity index (χ3n) is 6.21. The molecule has 0 saturated carbocycles. The number of fused-ring (bicyclic) bond motifs is 1. The summed E-state index contributed by atoms with van der Waals surface area (Å²) >= 11 is 0. The topological polar surface area (TPSA) is 71.4 Å². The van der Waals surface area contributed by atoms with Crippen molar-refractivity contribution in [1.82, 2.24) is 4.90 Å². The third-order valence-corrected chi connectivity index (χ3v) is 6.21. The molecule has 2 N–H and O–H groups in total. The molecular formula is C23H28FNO5. The Morgan fingerprint density at radius 2 is 1.87 bits per heavy atom. The molecule has 2 atom stereocenters. The lowest BCUT2D eigenvalue weighted by Gasteiger charge is -2.46. The smallest absolute Gasteiger partial charge is 0.161 e. The molecule has 2 aliphatic rings. The number of β-amino-alcohol motifs (C(OH)–C–C–N with tert-alkyl or cyclic N) is 1. The molecule has 0 aromatic heterocycles. The lowest BCUT2D eigenvalue weighted by molar-refractivity contribution is -0.0589. The van der Waals surface area contributed by atoms with E-state index in [4.69, 9.17) is 14.2 Å². The van der Waals surface area contributed by atoms with Gasteiger partial charge in [-0.25, -0.2) is 4.39 Å². The fourth-order valence-corrected chi connectivity index (χ4v) is 4.47. The van der Waals surface area contributed by atoms with E-state index in [2.05, 4.69) is 4.90 Å². The van der Waals surface area contributed by atoms with Crippen LogP contribution in [0.15, 0.2) is 36.4 Å². The number of aliphatic hydroxyl groups is 2. The molecule has 0 bridgehead atoms. The molecule has 0 unspecified atom stereocenters. The summed E-state index contributed by atoms with van der Waals surface area (Å²) in [5.41, 5.74) is 0.842. The highest BCUT2D eigenvalue weighted by atomic mass is 19.1. The number of rotatable bonds is 5. The van der Waals surface area contributed by atoms with Gasteiger partial charge in [-0.15, -0.1) is 0 Å². The molecule has 6 nitrogen and oxygen atoms in total. The van der Waals surface area contributed by atoms with Crippen LogP contribution < -0.4 is 14.2 Å². The zero-order chi connectivity index (χ0) is 21.3. The Bertz CT molecular complexity index is 897. The van der Waals surface area contributed by atoms with E-state index in [9.17, 15) is 14.6 Å². The second-order valence-electron chi connectivity index (χ2n) is 8.12. The summed E-state index contributed by atoms with van der Waals surface area (Å²) in [6.07, 6.45) is 0.544. The van der Waals surface area contributed by atoms with Crippen LogP contribution in [0.4, 0.5) is 4.39 Å². The van der Waals surface area contributed by atoms with Crippen molar-refractivity contribution in [2.24, 2.45) is 0 Å². The van der Waals surface area contributed by atoms with E-state index in [-0.39, 0.29) is 5.82 Å². The average molecular weight is 417 g/mol. The summed E-state index contributed by atoms with van der Waals surface area (Å²) in [5.74, 6) is 1.41. The fourth-order valence-electron chi connectivity index (χ4n) is 4.47. The van der Waals surface area contributed by atoms with Gasteiger partial charge < -0.3 is 29.3 Å². The van der Waals surface area contributed by atoms with E-state index in [1.165, 1.54) is 12.1 Å². The molecule has 1 spiro atoms. The number of benzene rings is 2. The van der Waals surface area contributed by atoms with Gasteiger partial charge in [0.05, 0.1) is 26.4 Å². The van der Waals surface area contributed by atoms with Gasteiger partial charge in [-0.2, -0.15) is 0 Å². The van der Waals surface area contributed by atoms with E-state index in [1.54, 1.807) is 32.4 Å². The molecular weight excluding hydrogens is 389 g/mol. The van der Waals surface area contributed by atoms with Crippen molar-refractivity contribution in [3.8, 4) is 17.2 Å². The highest BCUT2D eigenvalue weighted by Gasteiger charge is 2.43. The van der Waals surface area contributed by atoms with Gasteiger partial charge in [0.2, 0.25) is 0 Å². The molecule has 0 aliphatic carbocycles. The maximum Gasteiger partial charge on any atom is 0.161 e. The number of aliphatic hydroxyl groups excluding tert-OH is 2. The molecule has 0 radical (unpaired) electrons. The van der Waals surface area contributed by atoms with Crippen LogP contribution >= 0.6 is 0 Å². The molecule has 4 rings (SSSR count). The molecule has 0 amide bonds. The number of halogens is 1. The summed E-state index contributed by atoms with van der Waals surface area (Å²) in [4.78, 5) is 2.20. The number of likely N-dealkylation sites (tertiary alicyclic amines) is 1. The van der Waals surface area contributed by atoms with E-state index in [0.29, 0.717) is 35.8 Å². The Morgan fingerprint density at radius 3 is 2.57 bits per heavy atom. The number of hydrogen-bond acceptors (Lipinski definition) is 6. The molecule has 2 aliphatic heterocycles. The number of piperidine rings is 1. The summed E-state index contributed by atoms with van der Waals surface area (Å²) < 4.78 is 30.3. The predicted octanol–water partition coefficient (Wildman–Crippen LogP) is 3.23. The van der Waals surface area contributed by atoms with Gasteiger partial charge in [-0.05, 0) is 48.7 Å². The van der Waals surface area contributed by atoms with Crippen molar-refractivity contribution < 1.29 is 28.8 Å². The standard InChI is InChI=1S/C23H28FNO5/c1-28-21-5-3-15(11-22(21)29-2)19(27)14-25-9-7-23(8-10-25)13-18(26)17-12-16(24)4-6-20(17)30-23/h3-6,11-12,18-19,26-27H,7-10,13-14H2,1-2H3/t18-,19-/m0/s1. The van der Waals surface area contributed by atoms with Crippen LogP contribution in [0, 0.1) is 5.82 Å². The Balaban J connectivity index is 1.39.